The van der Waals surface area contributed by atoms with Crippen molar-refractivity contribution in [2.75, 3.05) is 7.11 Å². The first kappa shape index (κ1) is 22.8. The summed E-state index contributed by atoms with van der Waals surface area (Å²) in [7, 11) is 1.50. The van der Waals surface area contributed by atoms with Crippen LogP contribution >= 0.6 is 46.4 Å². The highest BCUT2D eigenvalue weighted by atomic mass is 35.6. The molecule has 3 aromatic rings. The van der Waals surface area contributed by atoms with E-state index in [0.717, 1.165) is 0 Å². The number of methoxy groups -OCH3 is 1. The molecule has 0 amide bonds. The minimum atomic E-state index is -1.79. The number of rotatable bonds is 5. The number of carboxylic acid groups (broad SMARTS) is 1. The van der Waals surface area contributed by atoms with E-state index in [1.807, 2.05) is 0 Å². The van der Waals surface area contributed by atoms with Gasteiger partial charge in [0.1, 0.15) is 5.75 Å². The van der Waals surface area contributed by atoms with Gasteiger partial charge in [-0.1, -0.05) is 46.4 Å². The number of hydrogen-bond donors (Lipinski definition) is 1. The van der Waals surface area contributed by atoms with Crippen LogP contribution in [0.25, 0.3) is 10.9 Å². The molecule has 0 saturated carbocycles. The maximum atomic E-state index is 13.3. The molecule has 158 valence electrons. The summed E-state index contributed by atoms with van der Waals surface area (Å²) in [6.07, 6.45) is -0.265. The number of aromatic nitrogens is 1. The van der Waals surface area contributed by atoms with Crippen LogP contribution in [0.3, 0.4) is 0 Å². The van der Waals surface area contributed by atoms with Gasteiger partial charge in [-0.2, -0.15) is 0 Å². The standard InChI is InChI=1S/C21H17Cl4NO4/c1-11-18(16(20(28)29)10-21(23,24)25)15-9-14(30-2)7-8-17(15)26(11)19(27)12-3-5-13(22)6-4-12/h3-9,16H,10H2,1-2H3,(H,28,29). The van der Waals surface area contributed by atoms with Crippen LogP contribution in [0.15, 0.2) is 42.5 Å². The quantitative estimate of drug-likeness (QED) is 0.432. The Morgan fingerprint density at radius 3 is 2.30 bits per heavy atom. The molecule has 0 saturated heterocycles. The first-order valence-electron chi connectivity index (χ1n) is 8.82. The molecule has 0 fully saturated rings. The van der Waals surface area contributed by atoms with E-state index in [1.165, 1.54) is 11.7 Å². The van der Waals surface area contributed by atoms with Crippen molar-refractivity contribution >= 4 is 69.2 Å². The zero-order valence-corrected chi connectivity index (χ0v) is 19.0. The fraction of sp³-hybridized carbons (Fsp3) is 0.238. The van der Waals surface area contributed by atoms with Crippen LogP contribution in [0.1, 0.15) is 34.0 Å². The Kier molecular flexibility index (Phi) is 6.58. The number of carboxylic acids is 1. The number of nitrogens with zero attached hydrogens (tertiary/aromatic N) is 1. The fourth-order valence-corrected chi connectivity index (χ4v) is 4.11. The smallest absolute Gasteiger partial charge is 0.311 e. The van der Waals surface area contributed by atoms with Crippen LogP contribution in [0, 0.1) is 6.92 Å². The second-order valence-electron chi connectivity index (χ2n) is 6.74. The number of hydrogen-bond acceptors (Lipinski definition) is 3. The SMILES string of the molecule is COc1ccc2c(c1)c(C(CC(Cl)(Cl)Cl)C(=O)O)c(C)n2C(=O)c1ccc(Cl)cc1. The van der Waals surface area contributed by atoms with E-state index in [1.54, 1.807) is 49.4 Å². The summed E-state index contributed by atoms with van der Waals surface area (Å²) in [5.41, 5.74) is 1.76. The molecule has 1 unspecified atom stereocenters. The van der Waals surface area contributed by atoms with Crippen molar-refractivity contribution in [3.8, 4) is 5.75 Å². The van der Waals surface area contributed by atoms with Gasteiger partial charge in [-0.15, -0.1) is 0 Å². The molecule has 0 spiro atoms. The minimum Gasteiger partial charge on any atom is -0.497 e. The Balaban J connectivity index is 2.29. The lowest BCUT2D eigenvalue weighted by atomic mass is 9.93. The van der Waals surface area contributed by atoms with Crippen LogP contribution in [0.2, 0.25) is 5.02 Å². The molecule has 0 radical (unpaired) electrons. The van der Waals surface area contributed by atoms with Crippen LogP contribution in [-0.4, -0.2) is 32.5 Å². The van der Waals surface area contributed by atoms with E-state index in [-0.39, 0.29) is 12.3 Å². The van der Waals surface area contributed by atoms with Crippen molar-refractivity contribution in [1.29, 1.82) is 0 Å². The summed E-state index contributed by atoms with van der Waals surface area (Å²) >= 11 is 23.7. The number of fused-ring (bicyclic) bond motifs is 1. The van der Waals surface area contributed by atoms with Crippen LogP contribution in [0.4, 0.5) is 0 Å². The van der Waals surface area contributed by atoms with E-state index in [0.29, 0.717) is 38.5 Å². The summed E-state index contributed by atoms with van der Waals surface area (Å²) in [4.78, 5) is 25.4. The molecule has 1 aromatic heterocycles. The van der Waals surface area contributed by atoms with Crippen molar-refractivity contribution in [3.05, 3.63) is 64.3 Å². The van der Waals surface area contributed by atoms with E-state index >= 15 is 0 Å². The average molecular weight is 489 g/mol. The Morgan fingerprint density at radius 1 is 1.13 bits per heavy atom. The predicted molar refractivity (Wildman–Crippen MR) is 120 cm³/mol. The average Bonchev–Trinajstić information content (AvgIpc) is 2.96. The highest BCUT2D eigenvalue weighted by Crippen LogP contribution is 2.42. The van der Waals surface area contributed by atoms with Gasteiger partial charge in [-0.25, -0.2) is 0 Å². The molecule has 0 bridgehead atoms. The second-order valence-corrected chi connectivity index (χ2v) is 9.69. The number of alkyl halides is 3. The van der Waals surface area contributed by atoms with Crippen molar-refractivity contribution in [3.63, 3.8) is 0 Å². The zero-order valence-electron chi connectivity index (χ0n) is 16.0. The zero-order chi connectivity index (χ0) is 22.2. The number of carbonyl (C=O) groups is 2. The lowest BCUT2D eigenvalue weighted by molar-refractivity contribution is -0.138. The van der Waals surface area contributed by atoms with E-state index < -0.39 is 15.7 Å². The largest absolute Gasteiger partial charge is 0.497 e. The molecule has 30 heavy (non-hydrogen) atoms. The summed E-state index contributed by atoms with van der Waals surface area (Å²) < 4.78 is 4.96. The Bertz CT molecular complexity index is 1120. The number of halogens is 4. The van der Waals surface area contributed by atoms with Crippen molar-refractivity contribution in [2.45, 2.75) is 23.1 Å². The lowest BCUT2D eigenvalue weighted by Gasteiger charge is -2.18. The monoisotopic (exact) mass is 487 g/mol. The number of benzene rings is 2. The van der Waals surface area contributed by atoms with Gasteiger partial charge in [-0.3, -0.25) is 14.2 Å². The summed E-state index contributed by atoms with van der Waals surface area (Å²) in [5, 5.41) is 10.9. The third-order valence-electron chi connectivity index (χ3n) is 4.84. The van der Waals surface area contributed by atoms with Crippen molar-refractivity contribution < 1.29 is 19.4 Å². The van der Waals surface area contributed by atoms with Gasteiger partial charge in [-0.05, 0) is 55.0 Å². The summed E-state index contributed by atoms with van der Waals surface area (Å²) in [6.45, 7) is 1.67. The van der Waals surface area contributed by atoms with E-state index in [9.17, 15) is 14.7 Å². The van der Waals surface area contributed by atoms with E-state index in [2.05, 4.69) is 0 Å². The maximum Gasteiger partial charge on any atom is 0.311 e. The number of aliphatic carboxylic acids is 1. The second kappa shape index (κ2) is 8.67. The molecule has 0 aliphatic heterocycles. The molecule has 1 N–H and O–H groups in total. The van der Waals surface area contributed by atoms with Gasteiger partial charge >= 0.3 is 5.97 Å². The highest BCUT2D eigenvalue weighted by molar-refractivity contribution is 6.67. The summed E-state index contributed by atoms with van der Waals surface area (Å²) in [6, 6.07) is 11.5. The lowest BCUT2D eigenvalue weighted by Crippen LogP contribution is -2.20. The van der Waals surface area contributed by atoms with Crippen molar-refractivity contribution in [2.24, 2.45) is 0 Å². The Labute approximate surface area is 193 Å². The molecule has 5 nitrogen and oxygen atoms in total. The topological polar surface area (TPSA) is 68.5 Å². The predicted octanol–water partition coefficient (Wildman–Crippen LogP) is 6.23. The molecular formula is C21H17Cl4NO4. The molecule has 0 aliphatic rings. The Hall–Kier alpha value is -1.92. The van der Waals surface area contributed by atoms with Crippen LogP contribution in [0.5, 0.6) is 5.75 Å². The third-order valence-corrected chi connectivity index (χ3v) is 5.55. The van der Waals surface area contributed by atoms with E-state index in [4.69, 9.17) is 51.1 Å². The first-order valence-corrected chi connectivity index (χ1v) is 10.3. The molecule has 9 heteroatoms. The molecular weight excluding hydrogens is 472 g/mol. The number of ether oxygens (including phenoxy) is 1. The normalized spacial score (nSPS) is 12.7. The highest BCUT2D eigenvalue weighted by Gasteiger charge is 2.35. The van der Waals surface area contributed by atoms with Crippen LogP contribution in [-0.2, 0) is 4.79 Å². The van der Waals surface area contributed by atoms with Crippen LogP contribution < -0.4 is 4.74 Å². The molecule has 1 atom stereocenters. The minimum absolute atomic E-state index is 0.265. The van der Waals surface area contributed by atoms with Crippen molar-refractivity contribution in [1.82, 2.24) is 4.57 Å². The molecule has 2 aromatic carbocycles. The van der Waals surface area contributed by atoms with Gasteiger partial charge in [0.2, 0.25) is 0 Å². The molecule has 3 rings (SSSR count). The fourth-order valence-electron chi connectivity index (χ4n) is 3.52. The van der Waals surface area contributed by atoms with Gasteiger partial charge in [0.15, 0.2) is 3.79 Å². The molecule has 0 aliphatic carbocycles. The molecule has 1 heterocycles. The maximum absolute atomic E-state index is 13.3. The van der Waals surface area contributed by atoms with Gasteiger partial charge < -0.3 is 9.84 Å². The number of carbonyl (C=O) groups excluding carboxylic acids is 1. The van der Waals surface area contributed by atoms with Gasteiger partial charge in [0.25, 0.3) is 5.91 Å². The third kappa shape index (κ3) is 4.54. The summed E-state index contributed by atoms with van der Waals surface area (Å²) in [5.74, 6) is -2.13. The van der Waals surface area contributed by atoms with Gasteiger partial charge in [0.05, 0.1) is 18.5 Å². The van der Waals surface area contributed by atoms with Gasteiger partial charge in [0, 0.05) is 28.1 Å². The Morgan fingerprint density at radius 2 is 1.77 bits per heavy atom. The first-order chi connectivity index (χ1) is 14.0.